The van der Waals surface area contributed by atoms with Gasteiger partial charge in [0.25, 0.3) is 0 Å². The van der Waals surface area contributed by atoms with Crippen LogP contribution in [-0.2, 0) is 19.1 Å². The largest absolute Gasteiger partial charge is 0.465 e. The van der Waals surface area contributed by atoms with Gasteiger partial charge in [0.05, 0.1) is 18.8 Å². The second-order valence-electron chi connectivity index (χ2n) is 6.29. The number of nitrogens with one attached hydrogen (secondary N) is 1. The summed E-state index contributed by atoms with van der Waals surface area (Å²) in [5, 5.41) is 2.90. The van der Waals surface area contributed by atoms with Crippen LogP contribution in [0.15, 0.2) is 41.7 Å². The average molecular weight is 410 g/mol. The van der Waals surface area contributed by atoms with E-state index in [1.807, 2.05) is 0 Å². The zero-order valence-corrected chi connectivity index (χ0v) is 16.5. The number of ether oxygens (including phenoxy) is 3. The van der Waals surface area contributed by atoms with E-state index >= 15 is 0 Å². The fraction of sp³-hybridized carbons (Fsp3) is 0.400. The van der Waals surface area contributed by atoms with Crippen LogP contribution < -0.4 is 15.8 Å². The van der Waals surface area contributed by atoms with Crippen molar-refractivity contribution in [2.75, 3.05) is 18.9 Å². The molecule has 1 aromatic rings. The van der Waals surface area contributed by atoms with E-state index < -0.39 is 30.4 Å². The molecule has 0 bridgehead atoms. The monoisotopic (exact) mass is 410 g/mol. The first kappa shape index (κ1) is 22.2. The SMILES string of the molecule is C=C1NC(C)=C(C(=O)OCC)C(c2cc(N)ccc2OC(F)F)C1C(=O)OCC. The highest BCUT2D eigenvalue weighted by atomic mass is 19.3. The first-order valence-corrected chi connectivity index (χ1v) is 9.05. The van der Waals surface area contributed by atoms with Gasteiger partial charge >= 0.3 is 18.6 Å². The first-order valence-electron chi connectivity index (χ1n) is 9.05. The summed E-state index contributed by atoms with van der Waals surface area (Å²) in [4.78, 5) is 25.4. The Morgan fingerprint density at radius 1 is 1.24 bits per heavy atom. The van der Waals surface area contributed by atoms with Crippen LogP contribution in [0.2, 0.25) is 0 Å². The molecule has 1 aliphatic heterocycles. The molecular formula is C20H24F2N2O5. The number of allylic oxidation sites excluding steroid dienone is 1. The van der Waals surface area contributed by atoms with Crippen molar-refractivity contribution in [3.05, 3.63) is 47.3 Å². The van der Waals surface area contributed by atoms with Gasteiger partial charge in [-0.1, -0.05) is 6.58 Å². The molecule has 0 aliphatic carbocycles. The lowest BCUT2D eigenvalue weighted by Crippen LogP contribution is -2.40. The number of hydrogen-bond donors (Lipinski definition) is 2. The van der Waals surface area contributed by atoms with Gasteiger partial charge in [0.15, 0.2) is 0 Å². The topological polar surface area (TPSA) is 99.9 Å². The quantitative estimate of drug-likeness (QED) is 0.526. The van der Waals surface area contributed by atoms with Gasteiger partial charge in [-0.15, -0.1) is 0 Å². The van der Waals surface area contributed by atoms with E-state index in [1.165, 1.54) is 18.2 Å². The molecule has 29 heavy (non-hydrogen) atoms. The number of anilines is 1. The molecule has 7 nitrogen and oxygen atoms in total. The normalized spacial score (nSPS) is 19.0. The minimum atomic E-state index is -3.11. The van der Waals surface area contributed by atoms with Crippen LogP contribution in [-0.4, -0.2) is 31.8 Å². The Hall–Kier alpha value is -3.10. The Morgan fingerprint density at radius 2 is 1.90 bits per heavy atom. The molecule has 2 rings (SSSR count). The van der Waals surface area contributed by atoms with Crippen molar-refractivity contribution in [2.24, 2.45) is 5.92 Å². The minimum absolute atomic E-state index is 0.0852. The van der Waals surface area contributed by atoms with Gasteiger partial charge in [0.1, 0.15) is 11.7 Å². The van der Waals surface area contributed by atoms with E-state index in [2.05, 4.69) is 16.6 Å². The molecule has 2 unspecified atom stereocenters. The number of hydrogen-bond acceptors (Lipinski definition) is 7. The fourth-order valence-corrected chi connectivity index (χ4v) is 3.33. The summed E-state index contributed by atoms with van der Waals surface area (Å²) in [7, 11) is 0. The summed E-state index contributed by atoms with van der Waals surface area (Å²) in [5.41, 5.74) is 6.96. The first-order chi connectivity index (χ1) is 13.7. The lowest BCUT2D eigenvalue weighted by atomic mass is 9.75. The van der Waals surface area contributed by atoms with E-state index in [1.54, 1.807) is 20.8 Å². The molecule has 2 atom stereocenters. The highest BCUT2D eigenvalue weighted by molar-refractivity contribution is 5.94. The lowest BCUT2D eigenvalue weighted by Gasteiger charge is -2.35. The van der Waals surface area contributed by atoms with Crippen LogP contribution in [0.1, 0.15) is 32.3 Å². The molecule has 0 aromatic heterocycles. The van der Waals surface area contributed by atoms with Gasteiger partial charge in [-0.25, -0.2) is 4.79 Å². The van der Waals surface area contributed by atoms with Crippen LogP contribution >= 0.6 is 0 Å². The van der Waals surface area contributed by atoms with Crippen LogP contribution in [0, 0.1) is 5.92 Å². The maximum Gasteiger partial charge on any atom is 0.387 e. The maximum atomic E-state index is 13.0. The van der Waals surface area contributed by atoms with E-state index in [0.29, 0.717) is 5.70 Å². The second-order valence-corrected chi connectivity index (χ2v) is 6.29. The van der Waals surface area contributed by atoms with Gasteiger partial charge in [0, 0.05) is 28.6 Å². The summed E-state index contributed by atoms with van der Waals surface area (Å²) >= 11 is 0. The molecule has 158 valence electrons. The summed E-state index contributed by atoms with van der Waals surface area (Å²) in [5.74, 6) is -3.71. The summed E-state index contributed by atoms with van der Waals surface area (Å²) in [6.45, 7) is 5.79. The number of carbonyl (C=O) groups is 2. The fourth-order valence-electron chi connectivity index (χ4n) is 3.33. The molecule has 0 saturated carbocycles. The third kappa shape index (κ3) is 4.85. The van der Waals surface area contributed by atoms with Gasteiger partial charge in [-0.2, -0.15) is 8.78 Å². The second kappa shape index (κ2) is 9.40. The van der Waals surface area contributed by atoms with Crippen LogP contribution in [0.25, 0.3) is 0 Å². The number of rotatable bonds is 7. The van der Waals surface area contributed by atoms with E-state index in [-0.39, 0.29) is 41.5 Å². The predicted octanol–water partition coefficient (Wildman–Crippen LogP) is 3.09. The zero-order chi connectivity index (χ0) is 21.7. The Labute approximate surface area is 167 Å². The number of carbonyl (C=O) groups excluding carboxylic acids is 2. The molecule has 0 spiro atoms. The Balaban J connectivity index is 2.74. The maximum absolute atomic E-state index is 13.0. The van der Waals surface area contributed by atoms with Gasteiger partial charge < -0.3 is 25.3 Å². The van der Waals surface area contributed by atoms with Gasteiger partial charge in [-0.05, 0) is 39.0 Å². The third-order valence-electron chi connectivity index (χ3n) is 4.39. The molecule has 1 aliphatic rings. The van der Waals surface area contributed by atoms with Crippen molar-refractivity contribution in [1.29, 1.82) is 0 Å². The predicted molar refractivity (Wildman–Crippen MR) is 102 cm³/mol. The number of nitrogens with two attached hydrogens (primary N) is 1. The third-order valence-corrected chi connectivity index (χ3v) is 4.39. The summed E-state index contributed by atoms with van der Waals surface area (Å²) in [6.07, 6.45) is 0. The molecule has 1 aromatic carbocycles. The molecule has 0 saturated heterocycles. The van der Waals surface area contributed by atoms with Crippen molar-refractivity contribution < 1.29 is 32.6 Å². The Bertz CT molecular complexity index is 838. The molecule has 0 fully saturated rings. The van der Waals surface area contributed by atoms with Crippen molar-refractivity contribution in [2.45, 2.75) is 33.3 Å². The molecule has 1 heterocycles. The number of halogens is 2. The molecular weight excluding hydrogens is 386 g/mol. The van der Waals surface area contributed by atoms with Crippen LogP contribution in [0.5, 0.6) is 5.75 Å². The van der Waals surface area contributed by atoms with Crippen molar-refractivity contribution in [3.63, 3.8) is 0 Å². The van der Waals surface area contributed by atoms with E-state index in [4.69, 9.17) is 15.2 Å². The Kier molecular flexibility index (Phi) is 7.19. The van der Waals surface area contributed by atoms with Crippen LogP contribution in [0.3, 0.4) is 0 Å². The molecule has 3 N–H and O–H groups in total. The van der Waals surface area contributed by atoms with E-state index in [9.17, 15) is 18.4 Å². The number of benzene rings is 1. The zero-order valence-electron chi connectivity index (χ0n) is 16.5. The standard InChI is InChI=1S/C20H24F2N2O5/c1-5-27-18(25)15-10(3)24-11(4)16(19(26)28-6-2)17(15)13-9-12(23)7-8-14(13)29-20(21)22/h7-9,15,17,20,24H,3,5-6,23H2,1-2,4H3. The summed E-state index contributed by atoms with van der Waals surface area (Å²) < 4.78 is 40.9. The van der Waals surface area contributed by atoms with Crippen molar-refractivity contribution in [3.8, 4) is 5.75 Å². The smallest absolute Gasteiger partial charge is 0.387 e. The van der Waals surface area contributed by atoms with Crippen molar-refractivity contribution >= 4 is 17.6 Å². The summed E-state index contributed by atoms with van der Waals surface area (Å²) in [6, 6.07) is 4.04. The number of esters is 2. The highest BCUT2D eigenvalue weighted by Crippen LogP contribution is 2.45. The van der Waals surface area contributed by atoms with Gasteiger partial charge in [0.2, 0.25) is 0 Å². The number of alkyl halides is 2. The van der Waals surface area contributed by atoms with E-state index in [0.717, 1.165) is 0 Å². The molecule has 0 amide bonds. The van der Waals surface area contributed by atoms with Crippen molar-refractivity contribution in [1.82, 2.24) is 5.32 Å². The minimum Gasteiger partial charge on any atom is -0.465 e. The number of nitrogen functional groups attached to an aromatic ring is 1. The van der Waals surface area contributed by atoms with Gasteiger partial charge in [-0.3, -0.25) is 4.79 Å². The Morgan fingerprint density at radius 3 is 2.48 bits per heavy atom. The molecule has 9 heteroatoms. The molecule has 0 radical (unpaired) electrons. The highest BCUT2D eigenvalue weighted by Gasteiger charge is 2.44. The average Bonchev–Trinajstić information content (AvgIpc) is 2.62. The lowest BCUT2D eigenvalue weighted by molar-refractivity contribution is -0.147. The van der Waals surface area contributed by atoms with Crippen LogP contribution in [0.4, 0.5) is 14.5 Å².